The maximum absolute atomic E-state index is 13.0. The predicted octanol–water partition coefficient (Wildman–Crippen LogP) is 3.87. The SMILES string of the molecule is COc1c(O)c2c(c(O)c1C(C)C)C(=O)CC1C2(C)CCC(O)C1(C)C. The summed E-state index contributed by atoms with van der Waals surface area (Å²) in [5, 5.41) is 32.6. The number of phenols is 2. The summed E-state index contributed by atoms with van der Waals surface area (Å²) < 4.78 is 5.45. The number of hydrogen-bond acceptors (Lipinski definition) is 5. The molecule has 0 amide bonds. The number of aromatic hydroxyl groups is 2. The van der Waals surface area contributed by atoms with Crippen molar-refractivity contribution in [2.45, 2.75) is 71.3 Å². The molecular formula is C21H30O5. The average Bonchev–Trinajstić information content (AvgIpc) is 2.55. The quantitative estimate of drug-likeness (QED) is 0.695. The highest BCUT2D eigenvalue weighted by molar-refractivity contribution is 6.04. The standard InChI is InChI=1S/C21H30O5/c1-10(2)14-17(24)15-11(22)9-12-20(3,4)13(23)7-8-21(12,5)16(15)18(25)19(14)26-6/h10,12-13,23-25H,7-9H2,1-6H3. The first kappa shape index (κ1) is 19.0. The molecule has 3 rings (SSSR count). The van der Waals surface area contributed by atoms with Crippen molar-refractivity contribution in [3.63, 3.8) is 0 Å². The lowest BCUT2D eigenvalue weighted by Gasteiger charge is -2.55. The topological polar surface area (TPSA) is 87.0 Å². The smallest absolute Gasteiger partial charge is 0.167 e. The molecule has 3 unspecified atom stereocenters. The second-order valence-corrected chi connectivity index (χ2v) is 9.02. The van der Waals surface area contributed by atoms with Gasteiger partial charge in [0.2, 0.25) is 0 Å². The Balaban J connectivity index is 2.37. The lowest BCUT2D eigenvalue weighted by Crippen LogP contribution is -2.55. The van der Waals surface area contributed by atoms with Crippen LogP contribution in [-0.2, 0) is 5.41 Å². The summed E-state index contributed by atoms with van der Waals surface area (Å²) in [7, 11) is 1.46. The number of aliphatic hydroxyl groups excluding tert-OH is 1. The first-order valence-electron chi connectivity index (χ1n) is 9.35. The molecule has 3 atom stereocenters. The van der Waals surface area contributed by atoms with Gasteiger partial charge in [0.05, 0.1) is 18.8 Å². The second kappa shape index (κ2) is 5.88. The number of fused-ring (bicyclic) bond motifs is 3. The number of ketones is 1. The van der Waals surface area contributed by atoms with Crippen molar-refractivity contribution in [3.05, 3.63) is 16.7 Å². The number of phenolic OH excluding ortho intramolecular Hbond substituents is 2. The summed E-state index contributed by atoms with van der Waals surface area (Å²) in [4.78, 5) is 13.0. The molecule has 26 heavy (non-hydrogen) atoms. The maximum Gasteiger partial charge on any atom is 0.167 e. The Morgan fingerprint density at radius 3 is 2.31 bits per heavy atom. The van der Waals surface area contributed by atoms with Gasteiger partial charge < -0.3 is 20.1 Å². The van der Waals surface area contributed by atoms with E-state index in [0.29, 0.717) is 24.0 Å². The van der Waals surface area contributed by atoms with Crippen molar-refractivity contribution in [1.82, 2.24) is 0 Å². The highest BCUT2D eigenvalue weighted by atomic mass is 16.5. The molecule has 0 saturated heterocycles. The van der Waals surface area contributed by atoms with Crippen LogP contribution in [0.15, 0.2) is 0 Å². The van der Waals surface area contributed by atoms with Crippen molar-refractivity contribution < 1.29 is 24.9 Å². The van der Waals surface area contributed by atoms with Gasteiger partial charge in [0, 0.05) is 23.0 Å². The van der Waals surface area contributed by atoms with E-state index >= 15 is 0 Å². The van der Waals surface area contributed by atoms with E-state index in [1.165, 1.54) is 7.11 Å². The molecule has 1 saturated carbocycles. The van der Waals surface area contributed by atoms with E-state index in [-0.39, 0.29) is 46.9 Å². The molecule has 5 heteroatoms. The average molecular weight is 362 g/mol. The Kier molecular flexibility index (Phi) is 4.30. The van der Waals surface area contributed by atoms with Crippen molar-refractivity contribution in [3.8, 4) is 17.2 Å². The van der Waals surface area contributed by atoms with Gasteiger partial charge >= 0.3 is 0 Å². The molecule has 2 aliphatic rings. The van der Waals surface area contributed by atoms with E-state index in [1.807, 2.05) is 34.6 Å². The van der Waals surface area contributed by atoms with Gasteiger partial charge in [-0.25, -0.2) is 0 Å². The van der Waals surface area contributed by atoms with Crippen LogP contribution in [0.3, 0.4) is 0 Å². The Morgan fingerprint density at radius 2 is 1.77 bits per heavy atom. The number of benzene rings is 1. The fourth-order valence-corrected chi connectivity index (χ4v) is 5.40. The van der Waals surface area contributed by atoms with Crippen LogP contribution >= 0.6 is 0 Å². The minimum Gasteiger partial charge on any atom is -0.507 e. The fraction of sp³-hybridized carbons (Fsp3) is 0.667. The highest BCUT2D eigenvalue weighted by Gasteiger charge is 2.57. The van der Waals surface area contributed by atoms with E-state index < -0.39 is 16.9 Å². The predicted molar refractivity (Wildman–Crippen MR) is 99.2 cm³/mol. The Morgan fingerprint density at radius 1 is 1.15 bits per heavy atom. The zero-order valence-corrected chi connectivity index (χ0v) is 16.5. The van der Waals surface area contributed by atoms with Gasteiger partial charge in [-0.05, 0) is 30.1 Å². The van der Waals surface area contributed by atoms with Crippen molar-refractivity contribution >= 4 is 5.78 Å². The van der Waals surface area contributed by atoms with E-state index in [0.717, 1.165) is 0 Å². The zero-order chi connectivity index (χ0) is 19.6. The van der Waals surface area contributed by atoms with Crippen LogP contribution < -0.4 is 4.74 Å². The molecule has 1 fully saturated rings. The van der Waals surface area contributed by atoms with Crippen LogP contribution in [0.5, 0.6) is 17.2 Å². The summed E-state index contributed by atoms with van der Waals surface area (Å²) in [5.41, 5.74) is 0.201. The molecule has 144 valence electrons. The van der Waals surface area contributed by atoms with Gasteiger partial charge in [-0.2, -0.15) is 0 Å². The van der Waals surface area contributed by atoms with E-state index in [1.54, 1.807) is 0 Å². The molecule has 0 aromatic heterocycles. The van der Waals surface area contributed by atoms with Crippen LogP contribution in [0.25, 0.3) is 0 Å². The van der Waals surface area contributed by atoms with Gasteiger partial charge in [0.15, 0.2) is 17.3 Å². The summed E-state index contributed by atoms with van der Waals surface area (Å²) in [6.45, 7) is 9.77. The van der Waals surface area contributed by atoms with Gasteiger partial charge in [-0.1, -0.05) is 34.6 Å². The maximum atomic E-state index is 13.0. The van der Waals surface area contributed by atoms with Gasteiger partial charge in [-0.15, -0.1) is 0 Å². The first-order chi connectivity index (χ1) is 12.0. The summed E-state index contributed by atoms with van der Waals surface area (Å²) in [6, 6.07) is 0. The molecule has 1 aromatic rings. The molecule has 0 heterocycles. The number of methoxy groups -OCH3 is 1. The molecule has 5 nitrogen and oxygen atoms in total. The molecule has 3 N–H and O–H groups in total. The summed E-state index contributed by atoms with van der Waals surface area (Å²) in [6.07, 6.45) is 0.981. The Hall–Kier alpha value is -1.75. The van der Waals surface area contributed by atoms with Gasteiger partial charge in [-0.3, -0.25) is 4.79 Å². The van der Waals surface area contributed by atoms with Crippen molar-refractivity contribution in [2.75, 3.05) is 7.11 Å². The first-order valence-corrected chi connectivity index (χ1v) is 9.35. The van der Waals surface area contributed by atoms with Gasteiger partial charge in [0.1, 0.15) is 5.75 Å². The van der Waals surface area contributed by atoms with Gasteiger partial charge in [0.25, 0.3) is 0 Å². The molecule has 0 radical (unpaired) electrons. The zero-order valence-electron chi connectivity index (χ0n) is 16.5. The Bertz CT molecular complexity index is 764. The van der Waals surface area contributed by atoms with Crippen LogP contribution in [0.2, 0.25) is 0 Å². The summed E-state index contributed by atoms with van der Waals surface area (Å²) in [5.74, 6) is -0.283. The number of carbonyl (C=O) groups excluding carboxylic acids is 1. The highest BCUT2D eigenvalue weighted by Crippen LogP contribution is 2.62. The minimum absolute atomic E-state index is 0.0447. The monoisotopic (exact) mass is 362 g/mol. The minimum atomic E-state index is -0.518. The lowest BCUT2D eigenvalue weighted by molar-refractivity contribution is -0.0693. The normalized spacial score (nSPS) is 30.1. The van der Waals surface area contributed by atoms with E-state index in [2.05, 4.69) is 0 Å². The van der Waals surface area contributed by atoms with Crippen LogP contribution in [0, 0.1) is 11.3 Å². The van der Waals surface area contributed by atoms with E-state index in [9.17, 15) is 20.1 Å². The summed E-state index contributed by atoms with van der Waals surface area (Å²) >= 11 is 0. The number of rotatable bonds is 2. The molecule has 2 aliphatic carbocycles. The third-order valence-corrected chi connectivity index (χ3v) is 6.92. The van der Waals surface area contributed by atoms with E-state index in [4.69, 9.17) is 4.74 Å². The largest absolute Gasteiger partial charge is 0.507 e. The van der Waals surface area contributed by atoms with Crippen molar-refractivity contribution in [1.29, 1.82) is 0 Å². The van der Waals surface area contributed by atoms with Crippen molar-refractivity contribution in [2.24, 2.45) is 11.3 Å². The van der Waals surface area contributed by atoms with Crippen LogP contribution in [0.4, 0.5) is 0 Å². The third-order valence-electron chi connectivity index (χ3n) is 6.92. The van der Waals surface area contributed by atoms with Crippen LogP contribution in [0.1, 0.15) is 81.3 Å². The number of hydrogen-bond donors (Lipinski definition) is 3. The number of aliphatic hydroxyl groups is 1. The van der Waals surface area contributed by atoms with Crippen LogP contribution in [-0.4, -0.2) is 34.3 Å². The number of ether oxygens (including phenoxy) is 1. The second-order valence-electron chi connectivity index (χ2n) is 9.02. The molecule has 0 aliphatic heterocycles. The lowest BCUT2D eigenvalue weighted by atomic mass is 9.49. The Labute approximate surface area is 155 Å². The fourth-order valence-electron chi connectivity index (χ4n) is 5.40. The molecule has 1 aromatic carbocycles. The molecule has 0 bridgehead atoms. The molecular weight excluding hydrogens is 332 g/mol. The third kappa shape index (κ3) is 2.29. The number of Topliss-reactive ketones (excluding diaryl/α,β-unsaturated/α-hetero) is 1. The molecule has 0 spiro atoms. The number of carbonyl (C=O) groups is 1.